The van der Waals surface area contributed by atoms with Crippen molar-refractivity contribution in [3.63, 3.8) is 0 Å². The zero-order valence-corrected chi connectivity index (χ0v) is 8.98. The van der Waals surface area contributed by atoms with Gasteiger partial charge in [0.1, 0.15) is 0 Å². The van der Waals surface area contributed by atoms with Crippen molar-refractivity contribution in [3.05, 3.63) is 42.2 Å². The second-order valence-electron chi connectivity index (χ2n) is 2.91. The molecule has 0 fully saturated rings. The van der Waals surface area contributed by atoms with Crippen LogP contribution in [0.25, 0.3) is 0 Å². The average molecular weight is 236 g/mol. The molecule has 0 aliphatic rings. The molecular weight excluding hydrogens is 228 g/mol. The van der Waals surface area contributed by atoms with E-state index in [1.165, 1.54) is 17.8 Å². The first-order chi connectivity index (χ1) is 7.75. The van der Waals surface area contributed by atoms with Gasteiger partial charge in [-0.1, -0.05) is 11.8 Å². The lowest BCUT2D eigenvalue weighted by Crippen LogP contribution is -1.91. The van der Waals surface area contributed by atoms with Crippen LogP contribution in [0.4, 0.5) is 0 Å². The van der Waals surface area contributed by atoms with Gasteiger partial charge < -0.3 is 9.52 Å². The summed E-state index contributed by atoms with van der Waals surface area (Å²) in [5.41, 5.74) is 0.820. The van der Waals surface area contributed by atoms with Crippen LogP contribution in [-0.2, 0) is 5.75 Å². The number of rotatable bonds is 4. The molecule has 2 aromatic rings. The Balaban J connectivity index is 1.97. The maximum atomic E-state index is 10.6. The Labute approximate surface area is 95.5 Å². The summed E-state index contributed by atoms with van der Waals surface area (Å²) in [6, 6.07) is 3.06. The van der Waals surface area contributed by atoms with Crippen LogP contribution in [0.3, 0.4) is 0 Å². The minimum Gasteiger partial charge on any atom is -0.475 e. The van der Waals surface area contributed by atoms with Gasteiger partial charge in [-0.15, -0.1) is 0 Å². The third-order valence-corrected chi connectivity index (χ3v) is 2.72. The van der Waals surface area contributed by atoms with Crippen LogP contribution in [0.1, 0.15) is 16.2 Å². The van der Waals surface area contributed by atoms with Gasteiger partial charge in [0.15, 0.2) is 5.09 Å². The molecule has 0 aliphatic carbocycles. The number of furan rings is 1. The van der Waals surface area contributed by atoms with Gasteiger partial charge in [0.25, 0.3) is 0 Å². The summed E-state index contributed by atoms with van der Waals surface area (Å²) >= 11 is 1.38. The zero-order chi connectivity index (χ0) is 11.4. The summed E-state index contributed by atoms with van der Waals surface area (Å²) in [4.78, 5) is 18.6. The van der Waals surface area contributed by atoms with E-state index in [9.17, 15) is 4.79 Å². The van der Waals surface area contributed by atoms with Crippen molar-refractivity contribution in [1.82, 2.24) is 9.97 Å². The molecule has 0 bridgehead atoms. The highest BCUT2D eigenvalue weighted by Crippen LogP contribution is 2.23. The van der Waals surface area contributed by atoms with Gasteiger partial charge in [-0.2, -0.15) is 0 Å². The molecule has 0 atom stereocenters. The van der Waals surface area contributed by atoms with Gasteiger partial charge >= 0.3 is 5.97 Å². The summed E-state index contributed by atoms with van der Waals surface area (Å²) in [5.74, 6) is -0.520. The SMILES string of the molecule is O=C(O)c1ccc(SCc2cnccn2)o1. The summed E-state index contributed by atoms with van der Waals surface area (Å²) in [6.07, 6.45) is 4.87. The third kappa shape index (κ3) is 2.60. The van der Waals surface area contributed by atoms with Crippen LogP contribution >= 0.6 is 11.8 Å². The fourth-order valence-corrected chi connectivity index (χ4v) is 1.81. The van der Waals surface area contributed by atoms with Crippen LogP contribution in [0, 0.1) is 0 Å². The molecule has 6 heteroatoms. The summed E-state index contributed by atoms with van der Waals surface area (Å²) < 4.78 is 5.08. The first-order valence-corrected chi connectivity index (χ1v) is 5.45. The molecule has 1 N–H and O–H groups in total. The fraction of sp³-hybridized carbons (Fsp3) is 0.100. The van der Waals surface area contributed by atoms with Gasteiger partial charge in [0, 0.05) is 24.3 Å². The minimum absolute atomic E-state index is 0.0540. The van der Waals surface area contributed by atoms with Crippen LogP contribution < -0.4 is 0 Å². The van der Waals surface area contributed by atoms with E-state index in [4.69, 9.17) is 9.52 Å². The lowest BCUT2D eigenvalue weighted by atomic mass is 10.5. The number of carboxylic acid groups (broad SMARTS) is 1. The summed E-state index contributed by atoms with van der Waals surface area (Å²) in [7, 11) is 0. The van der Waals surface area contributed by atoms with E-state index in [-0.39, 0.29) is 5.76 Å². The Hall–Kier alpha value is -1.82. The van der Waals surface area contributed by atoms with Gasteiger partial charge in [-0.05, 0) is 12.1 Å². The highest BCUT2D eigenvalue weighted by atomic mass is 32.2. The normalized spacial score (nSPS) is 10.2. The molecular formula is C10H8N2O3S. The molecule has 2 aromatic heterocycles. The predicted octanol–water partition coefficient (Wildman–Crippen LogP) is 2.06. The largest absolute Gasteiger partial charge is 0.475 e. The molecule has 16 heavy (non-hydrogen) atoms. The highest BCUT2D eigenvalue weighted by molar-refractivity contribution is 7.98. The van der Waals surface area contributed by atoms with Crippen LogP contribution in [-0.4, -0.2) is 21.0 Å². The average Bonchev–Trinajstić information content (AvgIpc) is 2.76. The number of carbonyl (C=O) groups is 1. The van der Waals surface area contributed by atoms with Crippen molar-refractivity contribution >= 4 is 17.7 Å². The Morgan fingerprint density at radius 1 is 1.44 bits per heavy atom. The van der Waals surface area contributed by atoms with E-state index >= 15 is 0 Å². The smallest absolute Gasteiger partial charge is 0.371 e. The molecule has 2 heterocycles. The molecule has 82 valence electrons. The van der Waals surface area contributed by atoms with Crippen molar-refractivity contribution in [2.24, 2.45) is 0 Å². The quantitative estimate of drug-likeness (QED) is 0.819. The zero-order valence-electron chi connectivity index (χ0n) is 8.16. The Morgan fingerprint density at radius 2 is 2.31 bits per heavy atom. The Kier molecular flexibility index (Phi) is 3.21. The van der Waals surface area contributed by atoms with E-state index in [0.717, 1.165) is 5.69 Å². The van der Waals surface area contributed by atoms with Gasteiger partial charge in [0.2, 0.25) is 5.76 Å². The fourth-order valence-electron chi connectivity index (χ4n) is 1.06. The van der Waals surface area contributed by atoms with Gasteiger partial charge in [0.05, 0.1) is 5.69 Å². The summed E-state index contributed by atoms with van der Waals surface area (Å²) in [5, 5.41) is 9.22. The lowest BCUT2D eigenvalue weighted by molar-refractivity contribution is 0.0656. The first-order valence-electron chi connectivity index (χ1n) is 4.46. The van der Waals surface area contributed by atoms with Gasteiger partial charge in [-0.25, -0.2) is 4.79 Å². The number of aromatic carboxylic acids is 1. The van der Waals surface area contributed by atoms with E-state index in [0.29, 0.717) is 10.8 Å². The number of aromatic nitrogens is 2. The Bertz CT molecular complexity index is 484. The summed E-state index contributed by atoms with van der Waals surface area (Å²) in [6.45, 7) is 0. The second-order valence-corrected chi connectivity index (χ2v) is 3.89. The monoisotopic (exact) mass is 236 g/mol. The predicted molar refractivity (Wildman–Crippen MR) is 57.3 cm³/mol. The molecule has 0 aromatic carbocycles. The van der Waals surface area contributed by atoms with Crippen molar-refractivity contribution < 1.29 is 14.3 Å². The van der Waals surface area contributed by atoms with Crippen LogP contribution in [0.2, 0.25) is 0 Å². The maximum Gasteiger partial charge on any atom is 0.371 e. The molecule has 0 amide bonds. The van der Waals surface area contributed by atoms with Gasteiger partial charge in [-0.3, -0.25) is 9.97 Å². The third-order valence-electron chi connectivity index (χ3n) is 1.77. The van der Waals surface area contributed by atoms with Crippen molar-refractivity contribution in [2.45, 2.75) is 10.8 Å². The van der Waals surface area contributed by atoms with Crippen molar-refractivity contribution in [1.29, 1.82) is 0 Å². The molecule has 0 saturated carbocycles. The number of nitrogens with zero attached hydrogens (tertiary/aromatic N) is 2. The molecule has 0 radical (unpaired) electrons. The van der Waals surface area contributed by atoms with E-state index < -0.39 is 5.97 Å². The topological polar surface area (TPSA) is 76.2 Å². The number of hydrogen-bond donors (Lipinski definition) is 1. The van der Waals surface area contributed by atoms with Crippen LogP contribution in [0.15, 0.2) is 40.2 Å². The molecule has 2 rings (SSSR count). The van der Waals surface area contributed by atoms with Crippen molar-refractivity contribution in [2.75, 3.05) is 0 Å². The lowest BCUT2D eigenvalue weighted by Gasteiger charge is -1.96. The van der Waals surface area contributed by atoms with Crippen molar-refractivity contribution in [3.8, 4) is 0 Å². The second kappa shape index (κ2) is 4.80. The highest BCUT2D eigenvalue weighted by Gasteiger charge is 2.09. The number of thioether (sulfide) groups is 1. The number of hydrogen-bond acceptors (Lipinski definition) is 5. The first kappa shape index (κ1) is 10.7. The van der Waals surface area contributed by atoms with Crippen LogP contribution in [0.5, 0.6) is 0 Å². The van der Waals surface area contributed by atoms with E-state index in [1.54, 1.807) is 24.7 Å². The molecule has 0 unspecified atom stereocenters. The molecule has 5 nitrogen and oxygen atoms in total. The van der Waals surface area contributed by atoms with E-state index in [1.807, 2.05) is 0 Å². The van der Waals surface area contributed by atoms with E-state index in [2.05, 4.69) is 9.97 Å². The Morgan fingerprint density at radius 3 is 2.94 bits per heavy atom. The molecule has 0 spiro atoms. The minimum atomic E-state index is -1.06. The molecule has 0 aliphatic heterocycles. The number of carboxylic acids is 1. The standard InChI is InChI=1S/C10H8N2O3S/c13-10(14)8-1-2-9(15-8)16-6-7-5-11-3-4-12-7/h1-5H,6H2,(H,13,14). The maximum absolute atomic E-state index is 10.6. The molecule has 0 saturated heterocycles.